The molecule has 0 saturated heterocycles. The van der Waals surface area contributed by atoms with Crippen LogP contribution in [0.5, 0.6) is 0 Å². The number of carbonyl (C=O) groups excluding carboxylic acids is 1. The predicted molar refractivity (Wildman–Crippen MR) is 65.5 cm³/mol. The summed E-state index contributed by atoms with van der Waals surface area (Å²) < 4.78 is 0.969. The van der Waals surface area contributed by atoms with Gasteiger partial charge in [0, 0.05) is 17.4 Å². The zero-order valence-corrected chi connectivity index (χ0v) is 10.7. The first-order chi connectivity index (χ1) is 7.13. The summed E-state index contributed by atoms with van der Waals surface area (Å²) in [5.74, 6) is 0.137. The third-order valence-corrected chi connectivity index (χ3v) is 3.33. The number of hydrogen-bond donors (Lipinski definition) is 0. The zero-order chi connectivity index (χ0) is 11.0. The highest BCUT2D eigenvalue weighted by Crippen LogP contribution is 2.37. The predicted octanol–water partition coefficient (Wildman–Crippen LogP) is 3.40. The third kappa shape index (κ3) is 1.91. The molecule has 1 aliphatic heterocycles. The minimum Gasteiger partial charge on any atom is -0.310 e. The Kier molecular flexibility index (Phi) is 3.03. The van der Waals surface area contributed by atoms with Crippen LogP contribution in [0.1, 0.15) is 18.9 Å². The summed E-state index contributed by atoms with van der Waals surface area (Å²) in [4.78, 5) is 13.5. The van der Waals surface area contributed by atoms with E-state index < -0.39 is 0 Å². The molecule has 0 fully saturated rings. The molecule has 80 valence electrons. The Morgan fingerprint density at radius 3 is 3.00 bits per heavy atom. The fraction of sp³-hybridized carbons (Fsp3) is 0.364. The number of carbonyl (C=O) groups is 1. The van der Waals surface area contributed by atoms with Crippen molar-refractivity contribution in [2.24, 2.45) is 0 Å². The van der Waals surface area contributed by atoms with Gasteiger partial charge in [-0.1, -0.05) is 34.5 Å². The maximum absolute atomic E-state index is 11.7. The van der Waals surface area contributed by atoms with Gasteiger partial charge in [-0.2, -0.15) is 0 Å². The first-order valence-corrected chi connectivity index (χ1v) is 6.09. The summed E-state index contributed by atoms with van der Waals surface area (Å²) in [7, 11) is 0. The van der Waals surface area contributed by atoms with Crippen LogP contribution >= 0.6 is 27.5 Å². The monoisotopic (exact) mass is 287 g/mol. The minimum absolute atomic E-state index is 0.137. The molecule has 2 nitrogen and oxygen atoms in total. The van der Waals surface area contributed by atoms with Gasteiger partial charge in [0.2, 0.25) is 5.91 Å². The molecule has 0 aromatic heterocycles. The van der Waals surface area contributed by atoms with E-state index in [1.807, 2.05) is 19.1 Å². The normalized spacial score (nSPS) is 14.2. The standard InChI is InChI=1S/C11H11BrClNO/c1-2-10(15)14-4-3-7-5-8(12)6-9(13)11(7)14/h5-6H,2-4H2,1H3. The topological polar surface area (TPSA) is 20.3 Å². The lowest BCUT2D eigenvalue weighted by Crippen LogP contribution is -2.28. The van der Waals surface area contributed by atoms with Crippen LogP contribution in [0.4, 0.5) is 5.69 Å². The number of amides is 1. The quantitative estimate of drug-likeness (QED) is 0.775. The van der Waals surface area contributed by atoms with Gasteiger partial charge in [0.15, 0.2) is 0 Å². The van der Waals surface area contributed by atoms with Gasteiger partial charge in [0.25, 0.3) is 0 Å². The lowest BCUT2D eigenvalue weighted by atomic mass is 10.2. The molecule has 0 N–H and O–H groups in total. The number of benzene rings is 1. The molecule has 1 aromatic rings. The first kappa shape index (κ1) is 11.0. The van der Waals surface area contributed by atoms with Gasteiger partial charge in [0.05, 0.1) is 10.7 Å². The van der Waals surface area contributed by atoms with Crippen molar-refractivity contribution in [3.8, 4) is 0 Å². The average molecular weight is 289 g/mol. The Bertz CT molecular complexity index is 419. The van der Waals surface area contributed by atoms with Gasteiger partial charge in [-0.3, -0.25) is 4.79 Å². The van der Waals surface area contributed by atoms with Crippen LogP contribution in [-0.4, -0.2) is 12.5 Å². The molecule has 0 aliphatic carbocycles. The lowest BCUT2D eigenvalue weighted by Gasteiger charge is -2.17. The Labute approximate surface area is 102 Å². The maximum Gasteiger partial charge on any atom is 0.226 e. The van der Waals surface area contributed by atoms with Gasteiger partial charge >= 0.3 is 0 Å². The smallest absolute Gasteiger partial charge is 0.226 e. The van der Waals surface area contributed by atoms with E-state index in [2.05, 4.69) is 15.9 Å². The fourth-order valence-corrected chi connectivity index (χ4v) is 2.87. The Hall–Kier alpha value is -0.540. The van der Waals surface area contributed by atoms with Gasteiger partial charge in [0.1, 0.15) is 0 Å². The minimum atomic E-state index is 0.137. The largest absolute Gasteiger partial charge is 0.310 e. The van der Waals surface area contributed by atoms with E-state index in [-0.39, 0.29) is 5.91 Å². The van der Waals surface area contributed by atoms with Crippen LogP contribution in [-0.2, 0) is 11.2 Å². The van der Waals surface area contributed by atoms with E-state index in [0.29, 0.717) is 11.4 Å². The molecule has 1 aliphatic rings. The van der Waals surface area contributed by atoms with Crippen LogP contribution in [0.3, 0.4) is 0 Å². The van der Waals surface area contributed by atoms with E-state index in [0.717, 1.165) is 28.7 Å². The van der Waals surface area contributed by atoms with Crippen LogP contribution in [0, 0.1) is 0 Å². The Morgan fingerprint density at radius 2 is 2.33 bits per heavy atom. The van der Waals surface area contributed by atoms with Crippen molar-refractivity contribution in [1.82, 2.24) is 0 Å². The molecule has 2 rings (SSSR count). The third-order valence-electron chi connectivity index (χ3n) is 2.59. The second-order valence-corrected chi connectivity index (χ2v) is 4.87. The van der Waals surface area contributed by atoms with Crippen molar-refractivity contribution in [2.75, 3.05) is 11.4 Å². The summed E-state index contributed by atoms with van der Waals surface area (Å²) in [6.45, 7) is 2.62. The van der Waals surface area contributed by atoms with Crippen LogP contribution in [0.25, 0.3) is 0 Å². The highest BCUT2D eigenvalue weighted by Gasteiger charge is 2.26. The van der Waals surface area contributed by atoms with Gasteiger partial charge in [-0.25, -0.2) is 0 Å². The van der Waals surface area contributed by atoms with Crippen molar-refractivity contribution < 1.29 is 4.79 Å². The van der Waals surface area contributed by atoms with Crippen molar-refractivity contribution in [3.63, 3.8) is 0 Å². The van der Waals surface area contributed by atoms with Crippen molar-refractivity contribution in [2.45, 2.75) is 19.8 Å². The maximum atomic E-state index is 11.7. The lowest BCUT2D eigenvalue weighted by molar-refractivity contribution is -0.118. The van der Waals surface area contributed by atoms with E-state index in [1.165, 1.54) is 0 Å². The number of halogens is 2. The van der Waals surface area contributed by atoms with E-state index >= 15 is 0 Å². The van der Waals surface area contributed by atoms with E-state index in [4.69, 9.17) is 11.6 Å². The molecule has 0 unspecified atom stereocenters. The van der Waals surface area contributed by atoms with Crippen LogP contribution < -0.4 is 4.90 Å². The van der Waals surface area contributed by atoms with E-state index in [9.17, 15) is 4.79 Å². The molecule has 0 atom stereocenters. The molecular formula is C11H11BrClNO. The number of rotatable bonds is 1. The SMILES string of the molecule is CCC(=O)N1CCc2cc(Br)cc(Cl)c21. The highest BCUT2D eigenvalue weighted by atomic mass is 79.9. The van der Waals surface area contributed by atoms with Crippen LogP contribution in [0.15, 0.2) is 16.6 Å². The average Bonchev–Trinajstić information content (AvgIpc) is 2.60. The number of anilines is 1. The van der Waals surface area contributed by atoms with Gasteiger partial charge in [-0.05, 0) is 24.1 Å². The molecule has 1 aromatic carbocycles. The number of fused-ring (bicyclic) bond motifs is 1. The van der Waals surface area contributed by atoms with Crippen molar-refractivity contribution >= 4 is 39.1 Å². The Morgan fingerprint density at radius 1 is 1.60 bits per heavy atom. The first-order valence-electron chi connectivity index (χ1n) is 4.91. The summed E-state index contributed by atoms with van der Waals surface area (Å²) in [6, 6.07) is 3.87. The molecule has 0 saturated carbocycles. The zero-order valence-electron chi connectivity index (χ0n) is 8.39. The second-order valence-electron chi connectivity index (χ2n) is 3.54. The van der Waals surface area contributed by atoms with E-state index in [1.54, 1.807) is 4.90 Å². The summed E-state index contributed by atoms with van der Waals surface area (Å²) in [5.41, 5.74) is 2.04. The molecule has 0 spiro atoms. The Balaban J connectivity index is 2.46. The molecule has 1 amide bonds. The summed E-state index contributed by atoms with van der Waals surface area (Å²) in [5, 5.41) is 0.652. The highest BCUT2D eigenvalue weighted by molar-refractivity contribution is 9.10. The fourth-order valence-electron chi connectivity index (χ4n) is 1.90. The second kappa shape index (κ2) is 4.14. The molecule has 15 heavy (non-hydrogen) atoms. The molecule has 0 bridgehead atoms. The number of hydrogen-bond acceptors (Lipinski definition) is 1. The summed E-state index contributed by atoms with van der Waals surface area (Å²) >= 11 is 9.55. The number of nitrogens with zero attached hydrogens (tertiary/aromatic N) is 1. The summed E-state index contributed by atoms with van der Waals surface area (Å²) in [6.07, 6.45) is 1.41. The molecular weight excluding hydrogens is 277 g/mol. The van der Waals surface area contributed by atoms with Crippen molar-refractivity contribution in [1.29, 1.82) is 0 Å². The molecule has 1 heterocycles. The van der Waals surface area contributed by atoms with Crippen molar-refractivity contribution in [3.05, 3.63) is 27.2 Å². The van der Waals surface area contributed by atoms with Gasteiger partial charge in [-0.15, -0.1) is 0 Å². The van der Waals surface area contributed by atoms with Crippen LogP contribution in [0.2, 0.25) is 5.02 Å². The molecule has 4 heteroatoms. The molecule has 0 radical (unpaired) electrons. The van der Waals surface area contributed by atoms with Gasteiger partial charge < -0.3 is 4.90 Å².